The average Bonchev–Trinajstić information content (AvgIpc) is 2.90. The summed E-state index contributed by atoms with van der Waals surface area (Å²) in [5.74, 6) is 0.626. The summed E-state index contributed by atoms with van der Waals surface area (Å²) >= 11 is 5.86. The lowest BCUT2D eigenvalue weighted by atomic mass is 10.2. The molecule has 1 aromatic heterocycles. The lowest BCUT2D eigenvalue weighted by molar-refractivity contribution is 0.575. The molecule has 3 heteroatoms. The van der Waals surface area contributed by atoms with Gasteiger partial charge in [-0.3, -0.25) is 0 Å². The second-order valence-corrected chi connectivity index (χ2v) is 4.35. The zero-order valence-electron chi connectivity index (χ0n) is 9.51. The van der Waals surface area contributed by atoms with Crippen LogP contribution in [0.25, 0.3) is 22.7 Å². The summed E-state index contributed by atoms with van der Waals surface area (Å²) in [6.07, 6.45) is 1.66. The van der Waals surface area contributed by atoms with E-state index >= 15 is 0 Å². The van der Waals surface area contributed by atoms with Gasteiger partial charge in [-0.05, 0) is 24.3 Å². The highest BCUT2D eigenvalue weighted by Crippen LogP contribution is 2.25. The van der Waals surface area contributed by atoms with Gasteiger partial charge in [-0.25, -0.2) is 4.98 Å². The van der Waals surface area contributed by atoms with Crippen LogP contribution in [0, 0.1) is 0 Å². The molecule has 0 N–H and O–H groups in total. The van der Waals surface area contributed by atoms with Crippen LogP contribution in [0.15, 0.2) is 65.3 Å². The maximum absolute atomic E-state index is 5.86. The molecule has 0 aliphatic carbocycles. The number of hydrogen-bond donors (Lipinski definition) is 0. The number of benzene rings is 2. The molecule has 0 radical (unpaired) electrons. The number of aromatic nitrogens is 1. The summed E-state index contributed by atoms with van der Waals surface area (Å²) in [6, 6.07) is 17.4. The molecule has 2 aromatic carbocycles. The normalized spacial score (nSPS) is 10.5. The van der Waals surface area contributed by atoms with E-state index in [1.54, 1.807) is 6.26 Å². The van der Waals surface area contributed by atoms with E-state index in [0.29, 0.717) is 10.9 Å². The minimum absolute atomic E-state index is 0.626. The van der Waals surface area contributed by atoms with Gasteiger partial charge in [0.05, 0.1) is 0 Å². The Morgan fingerprint density at radius 2 is 1.56 bits per heavy atom. The van der Waals surface area contributed by atoms with Crippen molar-refractivity contribution >= 4 is 11.6 Å². The average molecular weight is 256 g/mol. The summed E-state index contributed by atoms with van der Waals surface area (Å²) in [5.41, 5.74) is 2.77. The molecule has 0 aliphatic heterocycles. The Morgan fingerprint density at radius 3 is 2.28 bits per heavy atom. The van der Waals surface area contributed by atoms with Crippen molar-refractivity contribution in [3.05, 3.63) is 65.9 Å². The lowest BCUT2D eigenvalue weighted by Gasteiger charge is -1.95. The number of nitrogens with zero attached hydrogens (tertiary/aromatic N) is 1. The van der Waals surface area contributed by atoms with Gasteiger partial charge in [-0.1, -0.05) is 41.9 Å². The van der Waals surface area contributed by atoms with Gasteiger partial charge in [0.1, 0.15) is 12.0 Å². The van der Waals surface area contributed by atoms with E-state index < -0.39 is 0 Å². The van der Waals surface area contributed by atoms with Gasteiger partial charge < -0.3 is 4.42 Å². The molecule has 18 heavy (non-hydrogen) atoms. The quantitative estimate of drug-likeness (QED) is 0.665. The van der Waals surface area contributed by atoms with Gasteiger partial charge in [0.2, 0.25) is 5.89 Å². The van der Waals surface area contributed by atoms with Gasteiger partial charge in [0.15, 0.2) is 0 Å². The molecule has 0 aliphatic rings. The summed E-state index contributed by atoms with van der Waals surface area (Å²) in [5, 5.41) is 0.713. The van der Waals surface area contributed by atoms with Gasteiger partial charge in [-0.15, -0.1) is 0 Å². The molecule has 0 fully saturated rings. The van der Waals surface area contributed by atoms with Crippen molar-refractivity contribution in [1.29, 1.82) is 0 Å². The highest BCUT2D eigenvalue weighted by molar-refractivity contribution is 6.30. The first-order chi connectivity index (χ1) is 8.83. The molecule has 2 nitrogen and oxygen atoms in total. The van der Waals surface area contributed by atoms with Crippen molar-refractivity contribution in [1.82, 2.24) is 4.98 Å². The highest BCUT2D eigenvalue weighted by atomic mass is 35.5. The topological polar surface area (TPSA) is 26.0 Å². The van der Waals surface area contributed by atoms with E-state index in [2.05, 4.69) is 4.98 Å². The number of rotatable bonds is 2. The smallest absolute Gasteiger partial charge is 0.226 e. The van der Waals surface area contributed by atoms with Gasteiger partial charge in [0, 0.05) is 16.1 Å². The lowest BCUT2D eigenvalue weighted by Crippen LogP contribution is -1.79. The second-order valence-electron chi connectivity index (χ2n) is 3.91. The van der Waals surface area contributed by atoms with Gasteiger partial charge in [-0.2, -0.15) is 0 Å². The Morgan fingerprint density at radius 1 is 0.833 bits per heavy atom. The van der Waals surface area contributed by atoms with E-state index in [-0.39, 0.29) is 0 Å². The molecule has 3 rings (SSSR count). The first-order valence-electron chi connectivity index (χ1n) is 5.60. The standard InChI is InChI=1S/C15H10ClNO/c16-13-8-6-11(7-9-13)14-10-18-15(17-14)12-4-2-1-3-5-12/h1-10H. The van der Waals surface area contributed by atoms with Crippen LogP contribution in [0.2, 0.25) is 5.02 Å². The maximum Gasteiger partial charge on any atom is 0.226 e. The monoisotopic (exact) mass is 255 g/mol. The van der Waals surface area contributed by atoms with Gasteiger partial charge >= 0.3 is 0 Å². The molecule has 0 amide bonds. The summed E-state index contributed by atoms with van der Waals surface area (Å²) in [7, 11) is 0. The SMILES string of the molecule is Clc1ccc(-c2coc(-c3ccccc3)n2)cc1. The van der Waals surface area contributed by atoms with Crippen LogP contribution >= 0.6 is 11.6 Å². The molecule has 0 unspecified atom stereocenters. The zero-order chi connectivity index (χ0) is 12.4. The van der Waals surface area contributed by atoms with Crippen molar-refractivity contribution in [3.63, 3.8) is 0 Å². The third-order valence-corrected chi connectivity index (χ3v) is 2.92. The molecular weight excluding hydrogens is 246 g/mol. The molecule has 0 spiro atoms. The second kappa shape index (κ2) is 4.67. The van der Waals surface area contributed by atoms with Crippen LogP contribution in [0.4, 0.5) is 0 Å². The Kier molecular flexibility index (Phi) is 2.87. The Labute approximate surface area is 110 Å². The third-order valence-electron chi connectivity index (χ3n) is 2.66. The first kappa shape index (κ1) is 11.1. The fourth-order valence-corrected chi connectivity index (χ4v) is 1.87. The number of oxazole rings is 1. The molecule has 0 atom stereocenters. The summed E-state index contributed by atoms with van der Waals surface area (Å²) in [6.45, 7) is 0. The minimum Gasteiger partial charge on any atom is -0.444 e. The summed E-state index contributed by atoms with van der Waals surface area (Å²) < 4.78 is 5.49. The number of halogens is 1. The zero-order valence-corrected chi connectivity index (χ0v) is 10.3. The Hall–Kier alpha value is -2.06. The molecule has 0 saturated heterocycles. The fourth-order valence-electron chi connectivity index (χ4n) is 1.74. The number of hydrogen-bond acceptors (Lipinski definition) is 2. The van der Waals surface area contributed by atoms with Crippen molar-refractivity contribution in [2.45, 2.75) is 0 Å². The van der Waals surface area contributed by atoms with Gasteiger partial charge in [0.25, 0.3) is 0 Å². The van der Waals surface area contributed by atoms with Crippen molar-refractivity contribution < 1.29 is 4.42 Å². The summed E-state index contributed by atoms with van der Waals surface area (Å²) in [4.78, 5) is 4.47. The van der Waals surface area contributed by atoms with Crippen molar-refractivity contribution in [2.75, 3.05) is 0 Å². The minimum atomic E-state index is 0.626. The third kappa shape index (κ3) is 2.15. The largest absolute Gasteiger partial charge is 0.444 e. The van der Waals surface area contributed by atoms with Crippen LogP contribution in [0.3, 0.4) is 0 Å². The maximum atomic E-state index is 5.86. The van der Waals surface area contributed by atoms with E-state index in [9.17, 15) is 0 Å². The fraction of sp³-hybridized carbons (Fsp3) is 0. The van der Waals surface area contributed by atoms with Crippen molar-refractivity contribution in [3.8, 4) is 22.7 Å². The molecule has 1 heterocycles. The van der Waals surface area contributed by atoms with Crippen LogP contribution in [0.5, 0.6) is 0 Å². The van der Waals surface area contributed by atoms with E-state index in [1.165, 1.54) is 0 Å². The van der Waals surface area contributed by atoms with E-state index in [4.69, 9.17) is 16.0 Å². The molecule has 3 aromatic rings. The predicted octanol–water partition coefficient (Wildman–Crippen LogP) is 4.66. The van der Waals surface area contributed by atoms with Crippen molar-refractivity contribution in [2.24, 2.45) is 0 Å². The first-order valence-corrected chi connectivity index (χ1v) is 5.97. The van der Waals surface area contributed by atoms with E-state index in [1.807, 2.05) is 54.6 Å². The molecule has 0 saturated carbocycles. The molecule has 88 valence electrons. The molecule has 0 bridgehead atoms. The van der Waals surface area contributed by atoms with Crippen LogP contribution in [-0.4, -0.2) is 4.98 Å². The van der Waals surface area contributed by atoms with Crippen LogP contribution in [-0.2, 0) is 0 Å². The molecular formula is C15H10ClNO. The Bertz CT molecular complexity index is 644. The predicted molar refractivity (Wildman–Crippen MR) is 72.4 cm³/mol. The van der Waals surface area contributed by atoms with E-state index in [0.717, 1.165) is 16.8 Å². The van der Waals surface area contributed by atoms with Crippen LogP contribution in [0.1, 0.15) is 0 Å². The highest BCUT2D eigenvalue weighted by Gasteiger charge is 2.07. The van der Waals surface area contributed by atoms with Crippen LogP contribution < -0.4 is 0 Å². The Balaban J connectivity index is 1.97.